The minimum absolute atomic E-state index is 0.402. The minimum atomic E-state index is -0.438. The predicted octanol–water partition coefficient (Wildman–Crippen LogP) is 2.85. The van der Waals surface area contributed by atoms with E-state index in [4.69, 9.17) is 10.5 Å². The minimum Gasteiger partial charge on any atom is -0.398 e. The van der Waals surface area contributed by atoms with Gasteiger partial charge >= 0.3 is 0 Å². The van der Waals surface area contributed by atoms with Crippen molar-refractivity contribution in [1.29, 1.82) is 0 Å². The number of hydrogen-bond donors (Lipinski definition) is 2. The molecule has 1 atom stereocenters. The second-order valence-electron chi connectivity index (χ2n) is 4.43. The first-order chi connectivity index (χ1) is 8.63. The highest BCUT2D eigenvalue weighted by Crippen LogP contribution is 2.26. The average molecular weight is 269 g/mol. The van der Waals surface area contributed by atoms with E-state index in [0.29, 0.717) is 12.4 Å². The second kappa shape index (κ2) is 8.40. The molecule has 1 aromatic rings. The summed E-state index contributed by atoms with van der Waals surface area (Å²) >= 11 is 1.58. The number of hydrogen-bond acceptors (Lipinski definition) is 4. The van der Waals surface area contributed by atoms with E-state index in [1.54, 1.807) is 11.8 Å². The van der Waals surface area contributed by atoms with Crippen molar-refractivity contribution in [2.24, 2.45) is 0 Å². The number of rotatable bonds is 8. The fourth-order valence-corrected chi connectivity index (χ4v) is 2.44. The molecule has 1 unspecified atom stereocenters. The number of benzene rings is 1. The quantitative estimate of drug-likeness (QED) is 0.433. The van der Waals surface area contributed by atoms with Crippen molar-refractivity contribution in [3.05, 3.63) is 23.8 Å². The van der Waals surface area contributed by atoms with Crippen molar-refractivity contribution >= 4 is 17.4 Å². The summed E-state index contributed by atoms with van der Waals surface area (Å²) in [5, 5.41) is 9.78. The van der Waals surface area contributed by atoms with Gasteiger partial charge in [-0.05, 0) is 31.0 Å². The Morgan fingerprint density at radius 2 is 2.22 bits per heavy atom. The summed E-state index contributed by atoms with van der Waals surface area (Å²) in [5.41, 5.74) is 7.83. The lowest BCUT2D eigenvalue weighted by atomic mass is 10.2. The summed E-state index contributed by atoms with van der Waals surface area (Å²) in [6, 6.07) is 5.94. The Bertz CT molecular complexity index is 358. The van der Waals surface area contributed by atoms with Gasteiger partial charge in [0.1, 0.15) is 0 Å². The molecular weight excluding hydrogens is 246 g/mol. The van der Waals surface area contributed by atoms with E-state index in [0.717, 1.165) is 30.0 Å². The van der Waals surface area contributed by atoms with Crippen LogP contribution in [0.3, 0.4) is 0 Å². The molecule has 0 aliphatic carbocycles. The topological polar surface area (TPSA) is 55.5 Å². The van der Waals surface area contributed by atoms with Crippen LogP contribution in [-0.4, -0.2) is 30.2 Å². The number of nitrogens with two attached hydrogens (primary N) is 1. The van der Waals surface area contributed by atoms with Crippen molar-refractivity contribution < 1.29 is 9.84 Å². The summed E-state index contributed by atoms with van der Waals surface area (Å²) in [7, 11) is 0. The van der Waals surface area contributed by atoms with Gasteiger partial charge in [0, 0.05) is 22.9 Å². The fraction of sp³-hybridized carbons (Fsp3) is 0.571. The molecule has 0 radical (unpaired) electrons. The van der Waals surface area contributed by atoms with E-state index >= 15 is 0 Å². The van der Waals surface area contributed by atoms with Crippen LogP contribution in [0, 0.1) is 6.92 Å². The zero-order chi connectivity index (χ0) is 13.4. The van der Waals surface area contributed by atoms with Gasteiger partial charge in [-0.25, -0.2) is 0 Å². The van der Waals surface area contributed by atoms with Gasteiger partial charge in [-0.2, -0.15) is 0 Å². The number of anilines is 1. The third kappa shape index (κ3) is 5.76. The number of aryl methyl sites for hydroxylation is 1. The van der Waals surface area contributed by atoms with E-state index in [9.17, 15) is 5.11 Å². The zero-order valence-electron chi connectivity index (χ0n) is 11.2. The highest BCUT2D eigenvalue weighted by atomic mass is 32.2. The smallest absolute Gasteiger partial charge is 0.0867 e. The van der Waals surface area contributed by atoms with E-state index in [-0.39, 0.29) is 0 Å². The molecule has 0 fully saturated rings. The van der Waals surface area contributed by atoms with E-state index in [1.165, 1.54) is 5.56 Å². The summed E-state index contributed by atoms with van der Waals surface area (Å²) in [6.45, 7) is 5.29. The van der Waals surface area contributed by atoms with Gasteiger partial charge in [-0.15, -0.1) is 11.8 Å². The van der Waals surface area contributed by atoms with Gasteiger partial charge in [-0.1, -0.05) is 19.4 Å². The molecule has 1 rings (SSSR count). The third-order valence-corrected chi connectivity index (χ3v) is 3.77. The standard InChI is InChI=1S/C14H23NO2S/c1-3-4-7-17-9-12(16)10-18-14-8-11(2)5-6-13(14)15/h5-6,8,12,16H,3-4,7,9-10,15H2,1-2H3. The highest BCUT2D eigenvalue weighted by molar-refractivity contribution is 7.99. The van der Waals surface area contributed by atoms with Gasteiger partial charge in [-0.3, -0.25) is 0 Å². The Labute approximate surface area is 114 Å². The van der Waals surface area contributed by atoms with Gasteiger partial charge in [0.15, 0.2) is 0 Å². The Kier molecular flexibility index (Phi) is 7.16. The summed E-state index contributed by atoms with van der Waals surface area (Å²) in [4.78, 5) is 1.03. The normalized spacial score (nSPS) is 12.6. The number of aliphatic hydroxyl groups excluding tert-OH is 1. The van der Waals surface area contributed by atoms with Crippen molar-refractivity contribution in [3.8, 4) is 0 Å². The van der Waals surface area contributed by atoms with Crippen LogP contribution in [0.4, 0.5) is 5.69 Å². The lowest BCUT2D eigenvalue weighted by molar-refractivity contribution is 0.0473. The van der Waals surface area contributed by atoms with Gasteiger partial charge in [0.25, 0.3) is 0 Å². The second-order valence-corrected chi connectivity index (χ2v) is 5.50. The molecule has 0 aromatic heterocycles. The van der Waals surface area contributed by atoms with Crippen LogP contribution >= 0.6 is 11.8 Å². The molecule has 0 heterocycles. The number of unbranched alkanes of at least 4 members (excludes halogenated alkanes) is 1. The molecule has 0 aliphatic rings. The lowest BCUT2D eigenvalue weighted by Gasteiger charge is -2.12. The largest absolute Gasteiger partial charge is 0.398 e. The molecule has 0 spiro atoms. The van der Waals surface area contributed by atoms with Crippen LogP contribution in [0.15, 0.2) is 23.1 Å². The Hall–Kier alpha value is -0.710. The maximum absolute atomic E-state index is 9.78. The van der Waals surface area contributed by atoms with Crippen LogP contribution in [0.1, 0.15) is 25.3 Å². The number of thioether (sulfide) groups is 1. The van der Waals surface area contributed by atoms with Crippen LogP contribution in [0.25, 0.3) is 0 Å². The van der Waals surface area contributed by atoms with Crippen LogP contribution in [-0.2, 0) is 4.74 Å². The average Bonchev–Trinajstić information content (AvgIpc) is 2.36. The van der Waals surface area contributed by atoms with Crippen LogP contribution in [0.2, 0.25) is 0 Å². The summed E-state index contributed by atoms with van der Waals surface area (Å²) < 4.78 is 5.38. The first-order valence-corrected chi connectivity index (χ1v) is 7.36. The summed E-state index contributed by atoms with van der Waals surface area (Å²) in [6.07, 6.45) is 1.72. The van der Waals surface area contributed by atoms with Crippen LogP contribution < -0.4 is 5.73 Å². The Morgan fingerprint density at radius 1 is 1.44 bits per heavy atom. The van der Waals surface area contributed by atoms with Crippen LogP contribution in [0.5, 0.6) is 0 Å². The van der Waals surface area contributed by atoms with E-state index < -0.39 is 6.10 Å². The number of nitrogen functional groups attached to an aromatic ring is 1. The van der Waals surface area contributed by atoms with Crippen molar-refractivity contribution in [1.82, 2.24) is 0 Å². The zero-order valence-corrected chi connectivity index (χ0v) is 12.0. The molecule has 3 N–H and O–H groups in total. The molecule has 3 nitrogen and oxygen atoms in total. The van der Waals surface area contributed by atoms with Crippen molar-refractivity contribution in [3.63, 3.8) is 0 Å². The van der Waals surface area contributed by atoms with Crippen molar-refractivity contribution in [2.75, 3.05) is 24.7 Å². The summed E-state index contributed by atoms with van der Waals surface area (Å²) in [5.74, 6) is 0.611. The van der Waals surface area contributed by atoms with E-state index in [2.05, 4.69) is 6.92 Å². The maximum atomic E-state index is 9.78. The molecule has 0 saturated carbocycles. The van der Waals surface area contributed by atoms with Gasteiger partial charge in [0.05, 0.1) is 12.7 Å². The number of ether oxygens (including phenoxy) is 1. The van der Waals surface area contributed by atoms with Crippen molar-refractivity contribution in [2.45, 2.75) is 37.7 Å². The first kappa shape index (κ1) is 15.3. The highest BCUT2D eigenvalue weighted by Gasteiger charge is 2.07. The molecule has 102 valence electrons. The maximum Gasteiger partial charge on any atom is 0.0867 e. The molecule has 18 heavy (non-hydrogen) atoms. The SMILES string of the molecule is CCCCOCC(O)CSc1cc(C)ccc1N. The third-order valence-electron chi connectivity index (χ3n) is 2.55. The van der Waals surface area contributed by atoms with E-state index in [1.807, 2.05) is 25.1 Å². The molecule has 1 aromatic carbocycles. The lowest BCUT2D eigenvalue weighted by Crippen LogP contribution is -2.18. The number of aliphatic hydroxyl groups is 1. The molecule has 0 bridgehead atoms. The molecule has 0 amide bonds. The monoisotopic (exact) mass is 269 g/mol. The first-order valence-electron chi connectivity index (χ1n) is 6.38. The Morgan fingerprint density at radius 3 is 2.94 bits per heavy atom. The fourth-order valence-electron chi connectivity index (χ4n) is 1.47. The van der Waals surface area contributed by atoms with Gasteiger partial charge in [0.2, 0.25) is 0 Å². The molecule has 4 heteroatoms. The van der Waals surface area contributed by atoms with Gasteiger partial charge < -0.3 is 15.6 Å². The Balaban J connectivity index is 2.29. The molecular formula is C14H23NO2S. The predicted molar refractivity (Wildman–Crippen MR) is 78.0 cm³/mol. The molecule has 0 saturated heterocycles. The molecule has 0 aliphatic heterocycles.